The van der Waals surface area contributed by atoms with Gasteiger partial charge in [0.05, 0.1) is 23.5 Å². The van der Waals surface area contributed by atoms with E-state index in [0.717, 1.165) is 40.6 Å². The third kappa shape index (κ3) is 4.56. The van der Waals surface area contributed by atoms with Gasteiger partial charge < -0.3 is 15.4 Å². The summed E-state index contributed by atoms with van der Waals surface area (Å²) in [7, 11) is 0. The third-order valence-electron chi connectivity index (χ3n) is 7.53. The van der Waals surface area contributed by atoms with Crippen LogP contribution >= 0.6 is 0 Å². The molecule has 1 aromatic carbocycles. The molecule has 4 bridgehead atoms. The Balaban J connectivity index is 1.38. The van der Waals surface area contributed by atoms with Gasteiger partial charge in [-0.15, -0.1) is 0 Å². The van der Waals surface area contributed by atoms with Gasteiger partial charge in [-0.3, -0.25) is 4.98 Å². The number of carbonyl (C=O) groups is 1. The summed E-state index contributed by atoms with van der Waals surface area (Å²) in [5.74, 6) is 3.27. The highest BCUT2D eigenvalue weighted by atomic mass is 16.5. The second kappa shape index (κ2) is 8.89. The Labute approximate surface area is 185 Å². The molecule has 0 spiro atoms. The van der Waals surface area contributed by atoms with Crippen LogP contribution in [0.5, 0.6) is 0 Å². The molecule has 0 aliphatic heterocycles. The van der Waals surface area contributed by atoms with Crippen LogP contribution in [-0.4, -0.2) is 23.6 Å². The molecule has 2 aromatic rings. The number of nitrogens with one attached hydrogen (secondary N) is 2. The van der Waals surface area contributed by atoms with Gasteiger partial charge in [0, 0.05) is 25.0 Å². The molecule has 2 N–H and O–H groups in total. The number of pyridine rings is 1. The van der Waals surface area contributed by atoms with Crippen LogP contribution in [0, 0.1) is 23.7 Å². The van der Waals surface area contributed by atoms with Gasteiger partial charge in [-0.05, 0) is 105 Å². The van der Waals surface area contributed by atoms with Crippen molar-refractivity contribution in [3.05, 3.63) is 53.9 Å². The fourth-order valence-corrected chi connectivity index (χ4v) is 6.35. The Bertz CT molecular complexity index is 902. The molecule has 5 heteroatoms. The van der Waals surface area contributed by atoms with Crippen LogP contribution in [0.4, 0.5) is 11.4 Å². The highest BCUT2D eigenvalue weighted by Crippen LogP contribution is 2.51. The largest absolute Gasteiger partial charge is 0.462 e. The summed E-state index contributed by atoms with van der Waals surface area (Å²) in [4.78, 5) is 16.4. The number of rotatable bonds is 7. The minimum atomic E-state index is -0.272. The highest BCUT2D eigenvalue weighted by Gasteiger charge is 2.43. The van der Waals surface area contributed by atoms with Crippen LogP contribution in [0.25, 0.3) is 0 Å². The van der Waals surface area contributed by atoms with Crippen LogP contribution in [0.1, 0.15) is 61.4 Å². The number of fused-ring (bicyclic) bond motifs is 1. The van der Waals surface area contributed by atoms with Crippen molar-refractivity contribution in [1.82, 2.24) is 4.98 Å². The van der Waals surface area contributed by atoms with Crippen LogP contribution in [0.15, 0.2) is 42.7 Å². The number of nitrogens with zero attached hydrogens (tertiary/aromatic N) is 1. The molecule has 0 radical (unpaired) electrons. The van der Waals surface area contributed by atoms with E-state index in [-0.39, 0.29) is 5.97 Å². The molecule has 4 aliphatic rings. The van der Waals surface area contributed by atoms with Gasteiger partial charge in [-0.1, -0.05) is 0 Å². The van der Waals surface area contributed by atoms with Crippen molar-refractivity contribution in [3.8, 4) is 0 Å². The molecule has 3 unspecified atom stereocenters. The summed E-state index contributed by atoms with van der Waals surface area (Å²) in [6.07, 6.45) is 12.0. The number of hydrogen-bond acceptors (Lipinski definition) is 5. The first-order chi connectivity index (χ1) is 15.2. The van der Waals surface area contributed by atoms with Crippen LogP contribution in [0.3, 0.4) is 0 Å². The van der Waals surface area contributed by atoms with Crippen molar-refractivity contribution in [2.45, 2.75) is 58.0 Å². The van der Waals surface area contributed by atoms with Crippen molar-refractivity contribution in [2.75, 3.05) is 17.2 Å². The zero-order chi connectivity index (χ0) is 21.2. The second-order valence-electron chi connectivity index (χ2n) is 9.71. The van der Waals surface area contributed by atoms with Gasteiger partial charge in [0.2, 0.25) is 0 Å². The van der Waals surface area contributed by atoms with E-state index in [1.165, 1.54) is 38.5 Å². The predicted molar refractivity (Wildman–Crippen MR) is 123 cm³/mol. The molecule has 4 fully saturated rings. The van der Waals surface area contributed by atoms with Gasteiger partial charge in [0.25, 0.3) is 0 Å². The van der Waals surface area contributed by atoms with E-state index in [0.29, 0.717) is 24.8 Å². The highest BCUT2D eigenvalue weighted by molar-refractivity contribution is 5.92. The second-order valence-corrected chi connectivity index (χ2v) is 9.71. The Hall–Kier alpha value is -2.56. The topological polar surface area (TPSA) is 63.2 Å². The SMILES string of the molecule is CCOC(=O)c1ccc(NC2CC3CC4CC(C3)CC2C4)c(NCc2ccncc2)c1. The molecule has 5 nitrogen and oxygen atoms in total. The molecule has 4 aliphatic carbocycles. The van der Waals surface area contributed by atoms with Gasteiger partial charge >= 0.3 is 5.97 Å². The molecule has 6 rings (SSSR count). The van der Waals surface area contributed by atoms with Crippen molar-refractivity contribution in [3.63, 3.8) is 0 Å². The minimum Gasteiger partial charge on any atom is -0.462 e. The molecule has 4 saturated carbocycles. The molecule has 1 heterocycles. The zero-order valence-electron chi connectivity index (χ0n) is 18.3. The lowest BCUT2D eigenvalue weighted by molar-refractivity contribution is 0.0526. The molecule has 164 valence electrons. The Morgan fingerprint density at radius 3 is 2.39 bits per heavy atom. The molecule has 31 heavy (non-hydrogen) atoms. The van der Waals surface area contributed by atoms with Crippen molar-refractivity contribution >= 4 is 17.3 Å². The first kappa shape index (κ1) is 20.3. The lowest BCUT2D eigenvalue weighted by atomic mass is 9.67. The summed E-state index contributed by atoms with van der Waals surface area (Å²) >= 11 is 0. The first-order valence-electron chi connectivity index (χ1n) is 11.9. The van der Waals surface area contributed by atoms with Gasteiger partial charge in [-0.25, -0.2) is 4.79 Å². The van der Waals surface area contributed by atoms with Crippen molar-refractivity contribution in [2.24, 2.45) is 23.7 Å². The number of carbonyl (C=O) groups excluding carboxylic acids is 1. The zero-order valence-corrected chi connectivity index (χ0v) is 18.3. The van der Waals surface area contributed by atoms with Gasteiger partial charge in [0.1, 0.15) is 0 Å². The summed E-state index contributed by atoms with van der Waals surface area (Å²) < 4.78 is 5.23. The average Bonchev–Trinajstić information content (AvgIpc) is 2.96. The summed E-state index contributed by atoms with van der Waals surface area (Å²) in [6.45, 7) is 2.90. The maximum absolute atomic E-state index is 12.3. The van der Waals surface area contributed by atoms with Gasteiger partial charge in [-0.2, -0.15) is 0 Å². The minimum absolute atomic E-state index is 0.272. The number of anilines is 2. The van der Waals surface area contributed by atoms with Crippen LogP contribution in [0.2, 0.25) is 0 Å². The summed E-state index contributed by atoms with van der Waals surface area (Å²) in [6, 6.07) is 10.4. The van der Waals surface area contributed by atoms with Crippen molar-refractivity contribution < 1.29 is 9.53 Å². The van der Waals surface area contributed by atoms with Crippen molar-refractivity contribution in [1.29, 1.82) is 0 Å². The van der Waals surface area contributed by atoms with E-state index in [9.17, 15) is 4.79 Å². The Morgan fingerprint density at radius 2 is 1.68 bits per heavy atom. The molecule has 0 saturated heterocycles. The quantitative estimate of drug-likeness (QED) is 0.581. The number of benzene rings is 1. The summed E-state index contributed by atoms with van der Waals surface area (Å²) in [5.41, 5.74) is 3.80. The molecule has 3 atom stereocenters. The first-order valence-corrected chi connectivity index (χ1v) is 11.9. The normalized spacial score (nSPS) is 28.7. The Morgan fingerprint density at radius 1 is 0.968 bits per heavy atom. The summed E-state index contributed by atoms with van der Waals surface area (Å²) in [5, 5.41) is 7.46. The Kier molecular flexibility index (Phi) is 5.84. The fourth-order valence-electron chi connectivity index (χ4n) is 6.35. The molecule has 0 amide bonds. The number of aromatic nitrogens is 1. The third-order valence-corrected chi connectivity index (χ3v) is 7.53. The predicted octanol–water partition coefficient (Wildman–Crippen LogP) is 5.50. The number of hydrogen-bond donors (Lipinski definition) is 2. The van der Waals surface area contributed by atoms with E-state index in [1.54, 1.807) is 0 Å². The lowest BCUT2D eigenvalue weighted by Gasteiger charge is -2.39. The molecular weight excluding hydrogens is 386 g/mol. The van der Waals surface area contributed by atoms with Gasteiger partial charge in [0.15, 0.2) is 0 Å². The van der Waals surface area contributed by atoms with Crippen LogP contribution in [-0.2, 0) is 11.3 Å². The lowest BCUT2D eigenvalue weighted by Crippen LogP contribution is -2.32. The molecular formula is C26H33N3O2. The fraction of sp³-hybridized carbons (Fsp3) is 0.538. The molecule has 1 aromatic heterocycles. The smallest absolute Gasteiger partial charge is 0.338 e. The van der Waals surface area contributed by atoms with E-state index >= 15 is 0 Å². The monoisotopic (exact) mass is 419 g/mol. The van der Waals surface area contributed by atoms with E-state index < -0.39 is 0 Å². The number of ether oxygens (including phenoxy) is 1. The maximum atomic E-state index is 12.3. The van der Waals surface area contributed by atoms with E-state index in [2.05, 4.69) is 21.7 Å². The van der Waals surface area contributed by atoms with Crippen LogP contribution < -0.4 is 10.6 Å². The number of esters is 1. The standard InChI is InChI=1S/C26H33N3O2/c1-2-31-26(30)21-3-4-23(25(15-21)28-16-17-5-7-27-8-6-17)29-24-14-20-10-18-9-19(11-20)13-22(24)12-18/h3-8,15,18-20,22,24,28-29H,2,9-14,16H2,1H3. The average molecular weight is 420 g/mol. The van der Waals surface area contributed by atoms with E-state index in [4.69, 9.17) is 4.74 Å². The van der Waals surface area contributed by atoms with E-state index in [1.807, 2.05) is 43.6 Å². The maximum Gasteiger partial charge on any atom is 0.338 e.